The van der Waals surface area contributed by atoms with E-state index in [1.165, 1.54) is 0 Å². The first kappa shape index (κ1) is 23.6. The van der Waals surface area contributed by atoms with Crippen LogP contribution in [0.4, 0.5) is 0 Å². The maximum absolute atomic E-state index is 13.4. The van der Waals surface area contributed by atoms with Crippen LogP contribution in [0, 0.1) is 12.3 Å². The molecule has 3 rings (SSSR count). The van der Waals surface area contributed by atoms with Gasteiger partial charge in [0.1, 0.15) is 6.61 Å². The Morgan fingerprint density at radius 3 is 2.71 bits per heavy atom. The van der Waals surface area contributed by atoms with Crippen LogP contribution >= 0.6 is 23.2 Å². The topological polar surface area (TPSA) is 86.5 Å². The molecule has 31 heavy (non-hydrogen) atoms. The highest BCUT2D eigenvalue weighted by molar-refractivity contribution is 6.42. The fourth-order valence-electron chi connectivity index (χ4n) is 3.75. The largest absolute Gasteiger partial charge is 0.463 e. The number of aromatic nitrogens is 2. The standard InChI is InChI=1S/C22H27Cl2N3O4/c1-12(2)29-9-10-30-21(28)22(5)13(3)25-11-16(20-26-14(4)27-31-20)18(22)15-7-6-8-17(23)19(15)24/h6-8,11-13,18,25H,9-10H2,1-5H3. The monoisotopic (exact) mass is 467 g/mol. The zero-order valence-electron chi connectivity index (χ0n) is 18.2. The van der Waals surface area contributed by atoms with Crippen molar-refractivity contribution in [1.82, 2.24) is 15.5 Å². The van der Waals surface area contributed by atoms with Gasteiger partial charge in [-0.3, -0.25) is 4.79 Å². The number of nitrogens with zero attached hydrogens (tertiary/aromatic N) is 2. The van der Waals surface area contributed by atoms with Crippen LogP contribution in [-0.4, -0.2) is 41.5 Å². The van der Waals surface area contributed by atoms with Crippen molar-refractivity contribution in [2.75, 3.05) is 13.2 Å². The summed E-state index contributed by atoms with van der Waals surface area (Å²) in [6, 6.07) is 5.08. The lowest BCUT2D eigenvalue weighted by atomic mass is 9.64. The van der Waals surface area contributed by atoms with E-state index in [0.717, 1.165) is 0 Å². The van der Waals surface area contributed by atoms with Gasteiger partial charge in [0.15, 0.2) is 5.82 Å². The summed E-state index contributed by atoms with van der Waals surface area (Å²) in [7, 11) is 0. The summed E-state index contributed by atoms with van der Waals surface area (Å²) < 4.78 is 16.6. The summed E-state index contributed by atoms with van der Waals surface area (Å²) in [5, 5.41) is 7.92. The molecule has 0 amide bonds. The quantitative estimate of drug-likeness (QED) is 0.463. The van der Waals surface area contributed by atoms with E-state index < -0.39 is 11.3 Å². The van der Waals surface area contributed by atoms with Crippen molar-refractivity contribution in [3.05, 3.63) is 51.7 Å². The first-order chi connectivity index (χ1) is 14.7. The summed E-state index contributed by atoms with van der Waals surface area (Å²) in [5.41, 5.74) is 0.279. The Labute approximate surface area is 192 Å². The molecular formula is C22H27Cl2N3O4. The van der Waals surface area contributed by atoms with E-state index in [1.54, 1.807) is 25.3 Å². The van der Waals surface area contributed by atoms with Crippen molar-refractivity contribution < 1.29 is 18.8 Å². The third-order valence-electron chi connectivity index (χ3n) is 5.57. The average molecular weight is 468 g/mol. The minimum Gasteiger partial charge on any atom is -0.463 e. The van der Waals surface area contributed by atoms with E-state index in [1.807, 2.05) is 33.8 Å². The maximum Gasteiger partial charge on any atom is 0.314 e. The van der Waals surface area contributed by atoms with E-state index in [-0.39, 0.29) is 24.7 Å². The Balaban J connectivity index is 2.05. The van der Waals surface area contributed by atoms with Gasteiger partial charge >= 0.3 is 5.97 Å². The molecule has 2 aromatic rings. The number of hydrogen-bond donors (Lipinski definition) is 1. The Kier molecular flexibility index (Phi) is 7.29. The van der Waals surface area contributed by atoms with Crippen LogP contribution in [0.5, 0.6) is 0 Å². The van der Waals surface area contributed by atoms with Gasteiger partial charge in [0.25, 0.3) is 5.89 Å². The molecule has 3 atom stereocenters. The van der Waals surface area contributed by atoms with Crippen LogP contribution in [0.15, 0.2) is 28.9 Å². The number of halogens is 2. The first-order valence-corrected chi connectivity index (χ1v) is 10.9. The molecule has 168 valence electrons. The minimum absolute atomic E-state index is 0.0536. The number of esters is 1. The molecule has 0 saturated carbocycles. The van der Waals surface area contributed by atoms with Crippen LogP contribution in [-0.2, 0) is 14.3 Å². The number of carbonyl (C=O) groups is 1. The van der Waals surface area contributed by atoms with Gasteiger partial charge in [-0.1, -0.05) is 40.5 Å². The van der Waals surface area contributed by atoms with E-state index in [4.69, 9.17) is 37.2 Å². The molecule has 1 aliphatic heterocycles. The SMILES string of the molecule is Cc1noc(C2=CNC(C)C(C)(C(=O)OCCOC(C)C)C2c2cccc(Cl)c2Cl)n1. The third kappa shape index (κ3) is 4.73. The molecule has 9 heteroatoms. The van der Waals surface area contributed by atoms with E-state index in [2.05, 4.69) is 15.5 Å². The van der Waals surface area contributed by atoms with E-state index in [9.17, 15) is 4.79 Å². The lowest BCUT2D eigenvalue weighted by molar-refractivity contribution is -0.159. The fraction of sp³-hybridized carbons (Fsp3) is 0.500. The second kappa shape index (κ2) is 9.59. The van der Waals surface area contributed by atoms with Crippen molar-refractivity contribution in [2.45, 2.75) is 52.7 Å². The number of ether oxygens (including phenoxy) is 2. The van der Waals surface area contributed by atoms with Gasteiger partial charge in [0.05, 0.1) is 28.2 Å². The summed E-state index contributed by atoms with van der Waals surface area (Å²) in [6.45, 7) is 9.81. The van der Waals surface area contributed by atoms with Gasteiger partial charge in [-0.05, 0) is 46.2 Å². The molecule has 0 spiro atoms. The molecule has 0 bridgehead atoms. The Hall–Kier alpha value is -2.09. The predicted molar refractivity (Wildman–Crippen MR) is 119 cm³/mol. The third-order valence-corrected chi connectivity index (χ3v) is 6.41. The molecule has 0 radical (unpaired) electrons. The summed E-state index contributed by atoms with van der Waals surface area (Å²) in [6.07, 6.45) is 1.84. The highest BCUT2D eigenvalue weighted by Gasteiger charge is 2.53. The van der Waals surface area contributed by atoms with Crippen molar-refractivity contribution in [3.63, 3.8) is 0 Å². The zero-order valence-corrected chi connectivity index (χ0v) is 19.8. The lowest BCUT2D eigenvalue weighted by Gasteiger charge is -2.44. The number of benzene rings is 1. The van der Waals surface area contributed by atoms with Crippen LogP contribution in [0.2, 0.25) is 10.0 Å². The van der Waals surface area contributed by atoms with Crippen molar-refractivity contribution in [3.8, 4) is 0 Å². The summed E-state index contributed by atoms with van der Waals surface area (Å²) in [4.78, 5) is 17.8. The summed E-state index contributed by atoms with van der Waals surface area (Å²) in [5.74, 6) is -0.128. The fourth-order valence-corrected chi connectivity index (χ4v) is 4.16. The van der Waals surface area contributed by atoms with E-state index in [0.29, 0.717) is 39.5 Å². The van der Waals surface area contributed by atoms with E-state index >= 15 is 0 Å². The van der Waals surface area contributed by atoms with Crippen molar-refractivity contribution in [2.24, 2.45) is 5.41 Å². The Morgan fingerprint density at radius 1 is 1.32 bits per heavy atom. The second-order valence-corrected chi connectivity index (χ2v) is 8.83. The Bertz CT molecular complexity index is 975. The number of hydrogen-bond acceptors (Lipinski definition) is 7. The number of rotatable bonds is 7. The molecule has 7 nitrogen and oxygen atoms in total. The maximum atomic E-state index is 13.4. The summed E-state index contributed by atoms with van der Waals surface area (Å²) >= 11 is 12.9. The average Bonchev–Trinajstić information content (AvgIpc) is 3.15. The lowest BCUT2D eigenvalue weighted by Crippen LogP contribution is -2.53. The smallest absolute Gasteiger partial charge is 0.314 e. The van der Waals surface area contributed by atoms with Gasteiger partial charge in [-0.15, -0.1) is 0 Å². The van der Waals surface area contributed by atoms with Gasteiger partial charge in [-0.25, -0.2) is 0 Å². The normalized spacial score (nSPS) is 23.4. The van der Waals surface area contributed by atoms with Gasteiger partial charge in [0.2, 0.25) is 0 Å². The molecule has 1 aromatic carbocycles. The molecule has 1 N–H and O–H groups in total. The molecular weight excluding hydrogens is 441 g/mol. The Morgan fingerprint density at radius 2 is 2.06 bits per heavy atom. The number of carbonyl (C=O) groups excluding carboxylic acids is 1. The molecule has 1 aliphatic rings. The van der Waals surface area contributed by atoms with Crippen molar-refractivity contribution >= 4 is 34.7 Å². The molecule has 0 aliphatic carbocycles. The molecule has 0 saturated heterocycles. The van der Waals surface area contributed by atoms with Crippen LogP contribution in [0.3, 0.4) is 0 Å². The molecule has 0 fully saturated rings. The first-order valence-electron chi connectivity index (χ1n) is 10.2. The second-order valence-electron chi connectivity index (χ2n) is 8.05. The predicted octanol–water partition coefficient (Wildman–Crippen LogP) is 4.78. The molecule has 1 aromatic heterocycles. The van der Waals surface area contributed by atoms with Gasteiger partial charge in [-0.2, -0.15) is 4.98 Å². The minimum atomic E-state index is -1.04. The number of aryl methyl sites for hydroxylation is 1. The zero-order chi connectivity index (χ0) is 22.8. The number of nitrogens with one attached hydrogen (secondary N) is 1. The molecule has 2 heterocycles. The highest BCUT2D eigenvalue weighted by atomic mass is 35.5. The molecule has 3 unspecified atom stereocenters. The van der Waals surface area contributed by atoms with Crippen LogP contribution < -0.4 is 5.32 Å². The van der Waals surface area contributed by atoms with Crippen molar-refractivity contribution in [1.29, 1.82) is 0 Å². The highest BCUT2D eigenvalue weighted by Crippen LogP contribution is 2.52. The number of allylic oxidation sites excluding steroid dienone is 1. The van der Waals surface area contributed by atoms with Gasteiger partial charge in [0, 0.05) is 23.7 Å². The van der Waals surface area contributed by atoms with Gasteiger partial charge < -0.3 is 19.3 Å². The van der Waals surface area contributed by atoms with Crippen LogP contribution in [0.25, 0.3) is 5.57 Å². The van der Waals surface area contributed by atoms with Crippen LogP contribution in [0.1, 0.15) is 50.9 Å².